The number of ether oxygens (including phenoxy) is 1. The number of aryl methyl sites for hydroxylation is 1. The third kappa shape index (κ3) is 5.54. The molecule has 2 heteroatoms. The average molecular weight is 249 g/mol. The second-order valence-electron chi connectivity index (χ2n) is 5.14. The predicted molar refractivity (Wildman–Crippen MR) is 78.5 cm³/mol. The Kier molecular flexibility index (Phi) is 6.81. The molecule has 0 fully saturated rings. The molecule has 0 radical (unpaired) electrons. The van der Waals surface area contributed by atoms with Crippen molar-refractivity contribution in [2.45, 2.75) is 46.5 Å². The Balaban J connectivity index is 2.37. The van der Waals surface area contributed by atoms with E-state index in [4.69, 9.17) is 4.74 Å². The van der Waals surface area contributed by atoms with E-state index in [1.54, 1.807) is 0 Å². The molecule has 0 amide bonds. The van der Waals surface area contributed by atoms with E-state index in [0.717, 1.165) is 31.9 Å². The van der Waals surface area contributed by atoms with Crippen LogP contribution in [0.15, 0.2) is 18.2 Å². The number of hydrogen-bond donors (Lipinski definition) is 1. The average Bonchev–Trinajstić information content (AvgIpc) is 2.33. The summed E-state index contributed by atoms with van der Waals surface area (Å²) >= 11 is 0. The van der Waals surface area contributed by atoms with Crippen molar-refractivity contribution < 1.29 is 4.74 Å². The first-order chi connectivity index (χ1) is 8.63. The predicted octanol–water partition coefficient (Wildman–Crippen LogP) is 3.89. The lowest BCUT2D eigenvalue weighted by Crippen LogP contribution is -2.14. The maximum absolute atomic E-state index is 5.83. The van der Waals surface area contributed by atoms with Gasteiger partial charge in [-0.1, -0.05) is 26.8 Å². The highest BCUT2D eigenvalue weighted by atomic mass is 16.5. The van der Waals surface area contributed by atoms with E-state index in [1.165, 1.54) is 17.5 Å². The van der Waals surface area contributed by atoms with Crippen molar-refractivity contribution in [1.82, 2.24) is 5.32 Å². The van der Waals surface area contributed by atoms with Crippen molar-refractivity contribution in [2.75, 3.05) is 19.7 Å². The summed E-state index contributed by atoms with van der Waals surface area (Å²) in [6.07, 6.45) is 2.29. The van der Waals surface area contributed by atoms with E-state index in [-0.39, 0.29) is 0 Å². The van der Waals surface area contributed by atoms with Crippen molar-refractivity contribution in [3.63, 3.8) is 0 Å². The minimum Gasteiger partial charge on any atom is -0.494 e. The third-order valence-electron chi connectivity index (χ3n) is 3.01. The highest BCUT2D eigenvalue weighted by Crippen LogP contribution is 2.22. The highest BCUT2D eigenvalue weighted by molar-refractivity contribution is 5.35. The standard InChI is InChI=1S/C16H27NO/c1-5-17-8-6-7-9-18-16-11-14(4)10-15(12-16)13(2)3/h10-13,17H,5-9H2,1-4H3. The number of rotatable bonds is 8. The lowest BCUT2D eigenvalue weighted by Gasteiger charge is -2.11. The van der Waals surface area contributed by atoms with Gasteiger partial charge in [0.15, 0.2) is 0 Å². The van der Waals surface area contributed by atoms with E-state index in [0.29, 0.717) is 5.92 Å². The first-order valence-electron chi connectivity index (χ1n) is 7.08. The molecule has 1 aromatic rings. The summed E-state index contributed by atoms with van der Waals surface area (Å²) in [5.74, 6) is 1.57. The van der Waals surface area contributed by atoms with Gasteiger partial charge in [-0.25, -0.2) is 0 Å². The lowest BCUT2D eigenvalue weighted by atomic mass is 10.0. The summed E-state index contributed by atoms with van der Waals surface area (Å²) in [4.78, 5) is 0. The summed E-state index contributed by atoms with van der Waals surface area (Å²) < 4.78 is 5.83. The van der Waals surface area contributed by atoms with E-state index >= 15 is 0 Å². The van der Waals surface area contributed by atoms with Crippen LogP contribution >= 0.6 is 0 Å². The Hall–Kier alpha value is -1.02. The zero-order valence-electron chi connectivity index (χ0n) is 12.3. The monoisotopic (exact) mass is 249 g/mol. The van der Waals surface area contributed by atoms with Crippen LogP contribution in [0.5, 0.6) is 5.75 Å². The van der Waals surface area contributed by atoms with Gasteiger partial charge in [0, 0.05) is 0 Å². The molecule has 1 N–H and O–H groups in total. The minimum atomic E-state index is 0.556. The smallest absolute Gasteiger partial charge is 0.119 e. The number of unbranched alkanes of at least 4 members (excludes halogenated alkanes) is 1. The second kappa shape index (κ2) is 8.15. The number of benzene rings is 1. The highest BCUT2D eigenvalue weighted by Gasteiger charge is 2.03. The summed E-state index contributed by atoms with van der Waals surface area (Å²) in [5, 5.41) is 3.32. The van der Waals surface area contributed by atoms with Crippen LogP contribution in [0.1, 0.15) is 50.7 Å². The van der Waals surface area contributed by atoms with Crippen molar-refractivity contribution >= 4 is 0 Å². The first-order valence-corrected chi connectivity index (χ1v) is 7.08. The molecule has 2 nitrogen and oxygen atoms in total. The van der Waals surface area contributed by atoms with Crippen LogP contribution in [0.3, 0.4) is 0 Å². The lowest BCUT2D eigenvalue weighted by molar-refractivity contribution is 0.305. The molecule has 1 aromatic carbocycles. The van der Waals surface area contributed by atoms with Crippen molar-refractivity contribution in [3.05, 3.63) is 29.3 Å². The van der Waals surface area contributed by atoms with Crippen LogP contribution in [0.4, 0.5) is 0 Å². The zero-order valence-corrected chi connectivity index (χ0v) is 12.3. The largest absolute Gasteiger partial charge is 0.494 e. The van der Waals surface area contributed by atoms with Crippen LogP contribution < -0.4 is 10.1 Å². The summed E-state index contributed by atoms with van der Waals surface area (Å²) in [7, 11) is 0. The molecule has 102 valence electrons. The Morgan fingerprint density at radius 3 is 2.61 bits per heavy atom. The van der Waals surface area contributed by atoms with Gasteiger partial charge in [0.25, 0.3) is 0 Å². The van der Waals surface area contributed by atoms with Crippen molar-refractivity contribution in [2.24, 2.45) is 0 Å². The Morgan fingerprint density at radius 2 is 1.94 bits per heavy atom. The van der Waals surface area contributed by atoms with E-state index in [2.05, 4.69) is 51.2 Å². The van der Waals surface area contributed by atoms with Gasteiger partial charge in [0.05, 0.1) is 6.61 Å². The van der Waals surface area contributed by atoms with Gasteiger partial charge < -0.3 is 10.1 Å². The van der Waals surface area contributed by atoms with Crippen LogP contribution in [0.25, 0.3) is 0 Å². The fraction of sp³-hybridized carbons (Fsp3) is 0.625. The van der Waals surface area contributed by atoms with E-state index in [1.807, 2.05) is 0 Å². The summed E-state index contributed by atoms with van der Waals surface area (Å²) in [5.41, 5.74) is 2.64. The van der Waals surface area contributed by atoms with Crippen LogP contribution in [-0.2, 0) is 0 Å². The molecule has 0 bridgehead atoms. The summed E-state index contributed by atoms with van der Waals surface area (Å²) in [6.45, 7) is 11.7. The molecule has 0 unspecified atom stereocenters. The Morgan fingerprint density at radius 1 is 1.17 bits per heavy atom. The molecule has 0 spiro atoms. The molecule has 0 aromatic heterocycles. The maximum atomic E-state index is 5.83. The van der Waals surface area contributed by atoms with Crippen LogP contribution in [0.2, 0.25) is 0 Å². The Bertz CT molecular complexity index is 347. The normalized spacial score (nSPS) is 10.9. The molecule has 0 atom stereocenters. The molecule has 0 saturated carbocycles. The van der Waals surface area contributed by atoms with Gasteiger partial charge >= 0.3 is 0 Å². The minimum absolute atomic E-state index is 0.556. The van der Waals surface area contributed by atoms with Crippen molar-refractivity contribution in [3.8, 4) is 5.75 Å². The fourth-order valence-corrected chi connectivity index (χ4v) is 1.91. The third-order valence-corrected chi connectivity index (χ3v) is 3.01. The summed E-state index contributed by atoms with van der Waals surface area (Å²) in [6, 6.07) is 6.53. The van der Waals surface area contributed by atoms with Gasteiger partial charge in [-0.15, -0.1) is 0 Å². The van der Waals surface area contributed by atoms with E-state index in [9.17, 15) is 0 Å². The quantitative estimate of drug-likeness (QED) is 0.706. The topological polar surface area (TPSA) is 21.3 Å². The van der Waals surface area contributed by atoms with Crippen molar-refractivity contribution in [1.29, 1.82) is 0 Å². The zero-order chi connectivity index (χ0) is 13.4. The van der Waals surface area contributed by atoms with Gasteiger partial charge in [-0.05, 0) is 62.0 Å². The van der Waals surface area contributed by atoms with Crippen LogP contribution in [-0.4, -0.2) is 19.7 Å². The molecule has 0 heterocycles. The van der Waals surface area contributed by atoms with Gasteiger partial charge in [-0.3, -0.25) is 0 Å². The molecular formula is C16H27NO. The molecule has 0 aliphatic rings. The molecular weight excluding hydrogens is 222 g/mol. The molecule has 0 aliphatic carbocycles. The second-order valence-corrected chi connectivity index (χ2v) is 5.14. The first kappa shape index (κ1) is 15.0. The molecule has 18 heavy (non-hydrogen) atoms. The molecule has 0 aliphatic heterocycles. The Labute approximate surface area is 112 Å². The van der Waals surface area contributed by atoms with Gasteiger partial charge in [0.1, 0.15) is 5.75 Å². The number of hydrogen-bond acceptors (Lipinski definition) is 2. The molecule has 1 rings (SSSR count). The van der Waals surface area contributed by atoms with Gasteiger partial charge in [0.2, 0.25) is 0 Å². The van der Waals surface area contributed by atoms with E-state index < -0.39 is 0 Å². The fourth-order valence-electron chi connectivity index (χ4n) is 1.91. The maximum Gasteiger partial charge on any atom is 0.119 e. The molecule has 0 saturated heterocycles. The van der Waals surface area contributed by atoms with Gasteiger partial charge in [-0.2, -0.15) is 0 Å². The van der Waals surface area contributed by atoms with Crippen LogP contribution in [0, 0.1) is 6.92 Å². The number of nitrogens with one attached hydrogen (secondary N) is 1. The SMILES string of the molecule is CCNCCCCOc1cc(C)cc(C(C)C)c1.